The summed E-state index contributed by atoms with van der Waals surface area (Å²) in [4.78, 5) is 0.386. The minimum atomic E-state index is -3.68. The molecule has 1 aromatic heterocycles. The van der Waals surface area contributed by atoms with Crippen LogP contribution in [0.2, 0.25) is 0 Å². The van der Waals surface area contributed by atoms with Crippen LogP contribution in [0.3, 0.4) is 0 Å². The minimum Gasteiger partial charge on any atom is -0.272 e. The van der Waals surface area contributed by atoms with E-state index in [9.17, 15) is 16.8 Å². The molecule has 8 nitrogen and oxygen atoms in total. The lowest BCUT2D eigenvalue weighted by molar-refractivity contribution is 0.272. The maximum Gasteiger partial charge on any atom is 0.246 e. The van der Waals surface area contributed by atoms with Crippen molar-refractivity contribution in [3.8, 4) is 0 Å². The fourth-order valence-electron chi connectivity index (χ4n) is 2.88. The number of nitrogens with zero attached hydrogens (tertiary/aromatic N) is 4. The van der Waals surface area contributed by atoms with Gasteiger partial charge in [0.05, 0.1) is 16.8 Å². The molecule has 0 atom stereocenters. The summed E-state index contributed by atoms with van der Waals surface area (Å²) < 4.78 is 55.2. The van der Waals surface area contributed by atoms with E-state index in [2.05, 4.69) is 5.10 Å². The highest BCUT2D eigenvalue weighted by atomic mass is 32.2. The highest BCUT2D eigenvalue weighted by Crippen LogP contribution is 2.23. The first-order valence-corrected chi connectivity index (χ1v) is 11.1. The Morgan fingerprint density at radius 2 is 1.35 bits per heavy atom. The number of hydrogen-bond donors (Lipinski definition) is 0. The van der Waals surface area contributed by atoms with Crippen LogP contribution in [-0.2, 0) is 27.1 Å². The molecule has 1 fully saturated rings. The van der Waals surface area contributed by atoms with Gasteiger partial charge in [-0.25, -0.2) is 16.8 Å². The smallest absolute Gasteiger partial charge is 0.246 e. The molecule has 10 heteroatoms. The van der Waals surface area contributed by atoms with Crippen LogP contribution >= 0.6 is 0 Å². The summed E-state index contributed by atoms with van der Waals surface area (Å²) in [5, 5.41) is 3.98. The highest BCUT2D eigenvalue weighted by molar-refractivity contribution is 7.89. The number of piperazine rings is 1. The standard InChI is InChI=1S/C16H22N4O4S2/c1-13-4-6-15(7-5-13)25(21,22)19-8-10-20(11-9-19)26(23,24)16-12-17-18(3)14(16)2/h4-7,12H,8-11H2,1-3H3. The summed E-state index contributed by atoms with van der Waals surface area (Å²) >= 11 is 0. The van der Waals surface area contributed by atoms with Crippen LogP contribution < -0.4 is 0 Å². The van der Waals surface area contributed by atoms with Crippen LogP contribution in [-0.4, -0.2) is 61.4 Å². The van der Waals surface area contributed by atoms with Gasteiger partial charge in [-0.2, -0.15) is 13.7 Å². The molecule has 1 aliphatic rings. The summed E-state index contributed by atoms with van der Waals surface area (Å²) in [6, 6.07) is 6.65. The van der Waals surface area contributed by atoms with Gasteiger partial charge in [0.25, 0.3) is 0 Å². The van der Waals surface area contributed by atoms with Crippen molar-refractivity contribution in [1.82, 2.24) is 18.4 Å². The molecule has 1 aromatic carbocycles. The van der Waals surface area contributed by atoms with E-state index in [1.54, 1.807) is 38.2 Å². The van der Waals surface area contributed by atoms with Crippen molar-refractivity contribution in [2.24, 2.45) is 7.05 Å². The van der Waals surface area contributed by atoms with Crippen molar-refractivity contribution in [3.05, 3.63) is 41.7 Å². The van der Waals surface area contributed by atoms with E-state index in [4.69, 9.17) is 0 Å². The van der Waals surface area contributed by atoms with E-state index in [0.29, 0.717) is 5.69 Å². The molecule has 142 valence electrons. The lowest BCUT2D eigenvalue weighted by Gasteiger charge is -2.33. The second-order valence-corrected chi connectivity index (χ2v) is 10.2. The van der Waals surface area contributed by atoms with Crippen molar-refractivity contribution in [1.29, 1.82) is 0 Å². The average molecular weight is 399 g/mol. The molecule has 0 amide bonds. The molecule has 26 heavy (non-hydrogen) atoms. The van der Waals surface area contributed by atoms with Crippen molar-refractivity contribution < 1.29 is 16.8 Å². The van der Waals surface area contributed by atoms with Gasteiger partial charge in [0, 0.05) is 33.2 Å². The van der Waals surface area contributed by atoms with Crippen LogP contribution in [0, 0.1) is 13.8 Å². The van der Waals surface area contributed by atoms with Gasteiger partial charge in [0.15, 0.2) is 0 Å². The van der Waals surface area contributed by atoms with E-state index in [1.807, 2.05) is 6.92 Å². The molecule has 0 bridgehead atoms. The van der Waals surface area contributed by atoms with Crippen molar-refractivity contribution in [3.63, 3.8) is 0 Å². The molecule has 0 unspecified atom stereocenters. The summed E-state index contributed by atoms with van der Waals surface area (Å²) in [6.07, 6.45) is 1.33. The fraction of sp³-hybridized carbons (Fsp3) is 0.438. The van der Waals surface area contributed by atoms with Gasteiger partial charge in [-0.05, 0) is 26.0 Å². The summed E-state index contributed by atoms with van der Waals surface area (Å²) in [7, 11) is -5.62. The maximum atomic E-state index is 12.8. The fourth-order valence-corrected chi connectivity index (χ4v) is 5.91. The molecule has 1 aliphatic heterocycles. The SMILES string of the molecule is Cc1ccc(S(=O)(=O)N2CCN(S(=O)(=O)c3cnn(C)c3C)CC2)cc1. The lowest BCUT2D eigenvalue weighted by Crippen LogP contribution is -2.50. The van der Waals surface area contributed by atoms with E-state index in [0.717, 1.165) is 5.56 Å². The van der Waals surface area contributed by atoms with E-state index < -0.39 is 20.0 Å². The van der Waals surface area contributed by atoms with Crippen molar-refractivity contribution in [2.45, 2.75) is 23.6 Å². The third-order valence-corrected chi connectivity index (χ3v) is 8.58. The van der Waals surface area contributed by atoms with Crippen LogP contribution in [0.25, 0.3) is 0 Å². The molecule has 1 saturated heterocycles. The zero-order valence-electron chi connectivity index (χ0n) is 15.0. The molecular formula is C16H22N4O4S2. The van der Waals surface area contributed by atoms with Gasteiger partial charge < -0.3 is 0 Å². The third kappa shape index (κ3) is 3.29. The predicted octanol–water partition coefficient (Wildman–Crippen LogP) is 0.732. The first-order chi connectivity index (χ1) is 12.1. The van der Waals surface area contributed by atoms with Crippen LogP contribution in [0.15, 0.2) is 40.3 Å². The molecule has 3 rings (SSSR count). The molecule has 0 saturated carbocycles. The zero-order chi connectivity index (χ0) is 19.1. The molecule has 2 heterocycles. The van der Waals surface area contributed by atoms with E-state index >= 15 is 0 Å². The molecule has 0 radical (unpaired) electrons. The Bertz CT molecular complexity index is 1000. The van der Waals surface area contributed by atoms with Gasteiger partial charge in [0.1, 0.15) is 4.90 Å². The topological polar surface area (TPSA) is 92.6 Å². The second kappa shape index (κ2) is 6.76. The highest BCUT2D eigenvalue weighted by Gasteiger charge is 2.35. The largest absolute Gasteiger partial charge is 0.272 e. The predicted molar refractivity (Wildman–Crippen MR) is 96.6 cm³/mol. The summed E-state index contributed by atoms with van der Waals surface area (Å²) in [5.74, 6) is 0. The van der Waals surface area contributed by atoms with Gasteiger partial charge >= 0.3 is 0 Å². The number of rotatable bonds is 4. The molecule has 0 N–H and O–H groups in total. The Morgan fingerprint density at radius 3 is 1.81 bits per heavy atom. The molecule has 0 aliphatic carbocycles. The second-order valence-electron chi connectivity index (χ2n) is 6.34. The van der Waals surface area contributed by atoms with Crippen LogP contribution in [0.4, 0.5) is 0 Å². The van der Waals surface area contributed by atoms with Gasteiger partial charge in [-0.1, -0.05) is 17.7 Å². The monoisotopic (exact) mass is 398 g/mol. The first-order valence-electron chi connectivity index (χ1n) is 8.19. The number of aryl methyl sites for hydroxylation is 2. The van der Waals surface area contributed by atoms with Crippen molar-refractivity contribution in [2.75, 3.05) is 26.2 Å². The van der Waals surface area contributed by atoms with Crippen molar-refractivity contribution >= 4 is 20.0 Å². The molecule has 2 aromatic rings. The van der Waals surface area contributed by atoms with Crippen LogP contribution in [0.5, 0.6) is 0 Å². The lowest BCUT2D eigenvalue weighted by atomic mass is 10.2. The average Bonchev–Trinajstić information content (AvgIpc) is 2.95. The molecule has 0 spiro atoms. The van der Waals surface area contributed by atoms with E-state index in [1.165, 1.54) is 19.5 Å². The Balaban J connectivity index is 1.77. The van der Waals surface area contributed by atoms with E-state index in [-0.39, 0.29) is 36.0 Å². The summed E-state index contributed by atoms with van der Waals surface area (Å²) in [5.41, 5.74) is 1.53. The van der Waals surface area contributed by atoms with Crippen LogP contribution in [0.1, 0.15) is 11.3 Å². The number of benzene rings is 1. The quantitative estimate of drug-likeness (QED) is 0.757. The van der Waals surface area contributed by atoms with Gasteiger partial charge in [-0.3, -0.25) is 4.68 Å². The summed E-state index contributed by atoms with van der Waals surface area (Å²) in [6.45, 7) is 4.05. The van der Waals surface area contributed by atoms with Gasteiger partial charge in [0.2, 0.25) is 20.0 Å². The Labute approximate surface area is 154 Å². The number of aromatic nitrogens is 2. The van der Waals surface area contributed by atoms with Gasteiger partial charge in [-0.15, -0.1) is 0 Å². The third-order valence-electron chi connectivity index (χ3n) is 4.66. The normalized spacial score (nSPS) is 17.5. The number of hydrogen-bond acceptors (Lipinski definition) is 5. The minimum absolute atomic E-state index is 0.113. The Hall–Kier alpha value is -1.75. The number of sulfonamides is 2. The Morgan fingerprint density at radius 1 is 0.846 bits per heavy atom. The zero-order valence-corrected chi connectivity index (χ0v) is 16.6. The molecular weight excluding hydrogens is 376 g/mol. The maximum absolute atomic E-state index is 12.8. The first kappa shape index (κ1) is 19.0. The Kier molecular flexibility index (Phi) is 4.95.